The second-order valence-electron chi connectivity index (χ2n) is 9.87. The standard InChI is InChI=1S/C29H33N5O2/c1-20-9-8-14-26(21(20)2)33-15-17-34(18-16-33)28-27(31-24-12-6-7-13-25(24)32-28)23(19-30)29(35)36-22-10-4-3-5-11-22/h6-9,12-14,22-23H,3-5,10-11,15-18H2,1-2H3. The van der Waals surface area contributed by atoms with Crippen LogP contribution in [0, 0.1) is 25.2 Å². The number of hydrogen-bond acceptors (Lipinski definition) is 7. The predicted octanol–water partition coefficient (Wildman–Crippen LogP) is 5.06. The average Bonchev–Trinajstić information content (AvgIpc) is 2.91. The highest BCUT2D eigenvalue weighted by atomic mass is 16.5. The number of aryl methyl sites for hydroxylation is 1. The van der Waals surface area contributed by atoms with Crippen LogP contribution in [0.25, 0.3) is 11.0 Å². The fourth-order valence-electron chi connectivity index (χ4n) is 5.31. The maximum absolute atomic E-state index is 13.2. The highest BCUT2D eigenvalue weighted by Crippen LogP contribution is 2.31. The van der Waals surface area contributed by atoms with E-state index in [0.717, 1.165) is 57.4 Å². The molecule has 5 rings (SSSR count). The van der Waals surface area contributed by atoms with Gasteiger partial charge in [0.05, 0.1) is 17.1 Å². The highest BCUT2D eigenvalue weighted by molar-refractivity contribution is 5.85. The molecule has 1 aromatic heterocycles. The summed E-state index contributed by atoms with van der Waals surface area (Å²) in [4.78, 5) is 27.4. The topological polar surface area (TPSA) is 82.4 Å². The summed E-state index contributed by atoms with van der Waals surface area (Å²) in [6.07, 6.45) is 4.90. The third-order valence-corrected chi connectivity index (χ3v) is 7.55. The minimum absolute atomic E-state index is 0.111. The maximum atomic E-state index is 13.2. The van der Waals surface area contributed by atoms with Gasteiger partial charge in [0.25, 0.3) is 0 Å². The lowest BCUT2D eigenvalue weighted by molar-refractivity contribution is -0.150. The number of piperazine rings is 1. The van der Waals surface area contributed by atoms with E-state index in [-0.39, 0.29) is 6.10 Å². The van der Waals surface area contributed by atoms with Crippen molar-refractivity contribution < 1.29 is 9.53 Å². The van der Waals surface area contributed by atoms with Crippen LogP contribution in [0.4, 0.5) is 11.5 Å². The number of benzene rings is 2. The van der Waals surface area contributed by atoms with Crippen molar-refractivity contribution in [1.29, 1.82) is 5.26 Å². The molecule has 36 heavy (non-hydrogen) atoms. The number of carbonyl (C=O) groups excluding carboxylic acids is 1. The molecule has 3 aromatic rings. The first-order valence-electron chi connectivity index (χ1n) is 13.0. The summed E-state index contributed by atoms with van der Waals surface area (Å²) in [5.41, 5.74) is 5.67. The van der Waals surface area contributed by atoms with Crippen molar-refractivity contribution in [3.63, 3.8) is 0 Å². The van der Waals surface area contributed by atoms with Crippen LogP contribution in [-0.2, 0) is 9.53 Å². The Kier molecular flexibility index (Phi) is 7.04. The van der Waals surface area contributed by atoms with Gasteiger partial charge in [-0.3, -0.25) is 4.79 Å². The lowest BCUT2D eigenvalue weighted by Crippen LogP contribution is -2.47. The van der Waals surface area contributed by atoms with Gasteiger partial charge in [-0.05, 0) is 68.9 Å². The molecule has 1 atom stereocenters. The zero-order valence-electron chi connectivity index (χ0n) is 21.1. The fraction of sp³-hybridized carbons (Fsp3) is 0.448. The molecule has 1 unspecified atom stereocenters. The molecular weight excluding hydrogens is 450 g/mol. The monoisotopic (exact) mass is 483 g/mol. The van der Waals surface area contributed by atoms with Gasteiger partial charge >= 0.3 is 5.97 Å². The van der Waals surface area contributed by atoms with E-state index < -0.39 is 11.9 Å². The van der Waals surface area contributed by atoms with Gasteiger partial charge in [0.1, 0.15) is 11.8 Å². The Hall–Kier alpha value is -3.66. The Bertz CT molecular complexity index is 1290. The third-order valence-electron chi connectivity index (χ3n) is 7.55. The van der Waals surface area contributed by atoms with Crippen molar-refractivity contribution in [1.82, 2.24) is 9.97 Å². The number of nitriles is 1. The molecule has 2 aromatic carbocycles. The van der Waals surface area contributed by atoms with Crippen molar-refractivity contribution in [3.8, 4) is 6.07 Å². The number of ether oxygens (including phenoxy) is 1. The van der Waals surface area contributed by atoms with Gasteiger partial charge in [-0.2, -0.15) is 5.26 Å². The number of esters is 1. The number of hydrogen-bond donors (Lipinski definition) is 0. The van der Waals surface area contributed by atoms with E-state index in [1.54, 1.807) is 0 Å². The highest BCUT2D eigenvalue weighted by Gasteiger charge is 2.33. The number of fused-ring (bicyclic) bond motifs is 1. The van der Waals surface area contributed by atoms with Crippen LogP contribution in [-0.4, -0.2) is 48.2 Å². The quantitative estimate of drug-likeness (QED) is 0.469. The summed E-state index contributed by atoms with van der Waals surface area (Å²) in [6.45, 7) is 7.40. The molecule has 2 fully saturated rings. The molecule has 186 valence electrons. The van der Waals surface area contributed by atoms with Crippen LogP contribution < -0.4 is 9.80 Å². The van der Waals surface area contributed by atoms with Gasteiger partial charge < -0.3 is 14.5 Å². The molecular formula is C29H33N5O2. The SMILES string of the molecule is Cc1cccc(N2CCN(c3nc4ccccc4nc3C(C#N)C(=O)OC3CCCCC3)CC2)c1C. The molecule has 0 amide bonds. The molecule has 2 aliphatic rings. The summed E-state index contributed by atoms with van der Waals surface area (Å²) >= 11 is 0. The fourth-order valence-corrected chi connectivity index (χ4v) is 5.31. The molecule has 0 bridgehead atoms. The second-order valence-corrected chi connectivity index (χ2v) is 9.87. The average molecular weight is 484 g/mol. The first kappa shape index (κ1) is 24.1. The Balaban J connectivity index is 1.43. The van der Waals surface area contributed by atoms with Gasteiger partial charge in [0.15, 0.2) is 11.7 Å². The number of para-hydroxylation sites is 2. The van der Waals surface area contributed by atoms with Crippen molar-refractivity contribution >= 4 is 28.5 Å². The molecule has 1 aliphatic heterocycles. The number of nitrogens with zero attached hydrogens (tertiary/aromatic N) is 5. The molecule has 0 radical (unpaired) electrons. The van der Waals surface area contributed by atoms with Gasteiger partial charge in [-0.1, -0.05) is 30.7 Å². The number of carbonyl (C=O) groups is 1. The normalized spacial score (nSPS) is 17.6. The number of aromatic nitrogens is 2. The van der Waals surface area contributed by atoms with Crippen LogP contribution in [0.15, 0.2) is 42.5 Å². The molecule has 1 saturated carbocycles. The van der Waals surface area contributed by atoms with Crippen LogP contribution in [0.3, 0.4) is 0 Å². The molecule has 1 saturated heterocycles. The Morgan fingerprint density at radius 1 is 0.944 bits per heavy atom. The number of rotatable bonds is 5. The zero-order valence-corrected chi connectivity index (χ0v) is 21.1. The van der Waals surface area contributed by atoms with Crippen molar-refractivity contribution in [3.05, 3.63) is 59.3 Å². The minimum Gasteiger partial charge on any atom is -0.461 e. The van der Waals surface area contributed by atoms with E-state index in [9.17, 15) is 10.1 Å². The summed E-state index contributed by atoms with van der Waals surface area (Å²) in [5.74, 6) is -0.998. The van der Waals surface area contributed by atoms with E-state index in [2.05, 4.69) is 47.9 Å². The Morgan fingerprint density at radius 2 is 1.61 bits per heavy atom. The molecule has 0 spiro atoms. The maximum Gasteiger partial charge on any atom is 0.329 e. The lowest BCUT2D eigenvalue weighted by atomic mass is 9.97. The van der Waals surface area contributed by atoms with Crippen LogP contribution >= 0.6 is 0 Å². The van der Waals surface area contributed by atoms with Crippen LogP contribution in [0.1, 0.15) is 54.8 Å². The van der Waals surface area contributed by atoms with Crippen LogP contribution in [0.5, 0.6) is 0 Å². The summed E-state index contributed by atoms with van der Waals surface area (Å²) in [5, 5.41) is 10.1. The van der Waals surface area contributed by atoms with Gasteiger partial charge in [-0.15, -0.1) is 0 Å². The number of anilines is 2. The van der Waals surface area contributed by atoms with Gasteiger partial charge in [0.2, 0.25) is 0 Å². The summed E-state index contributed by atoms with van der Waals surface area (Å²) in [6, 6.07) is 16.2. The predicted molar refractivity (Wildman–Crippen MR) is 141 cm³/mol. The molecule has 7 nitrogen and oxygen atoms in total. The Morgan fingerprint density at radius 3 is 2.31 bits per heavy atom. The van der Waals surface area contributed by atoms with E-state index in [1.165, 1.54) is 23.2 Å². The largest absolute Gasteiger partial charge is 0.461 e. The van der Waals surface area contributed by atoms with Crippen molar-refractivity contribution in [2.75, 3.05) is 36.0 Å². The molecule has 1 aliphatic carbocycles. The lowest BCUT2D eigenvalue weighted by Gasteiger charge is -2.38. The first-order valence-corrected chi connectivity index (χ1v) is 13.0. The smallest absolute Gasteiger partial charge is 0.329 e. The van der Waals surface area contributed by atoms with Crippen molar-refractivity contribution in [2.24, 2.45) is 0 Å². The summed E-state index contributed by atoms with van der Waals surface area (Å²) < 4.78 is 5.80. The van der Waals surface area contributed by atoms with E-state index in [4.69, 9.17) is 14.7 Å². The van der Waals surface area contributed by atoms with E-state index in [0.29, 0.717) is 17.0 Å². The summed E-state index contributed by atoms with van der Waals surface area (Å²) in [7, 11) is 0. The third kappa shape index (κ3) is 4.86. The second kappa shape index (κ2) is 10.5. The Labute approximate surface area is 212 Å². The van der Waals surface area contributed by atoms with Gasteiger partial charge in [0, 0.05) is 31.9 Å². The minimum atomic E-state index is -1.10. The molecule has 7 heteroatoms. The van der Waals surface area contributed by atoms with E-state index >= 15 is 0 Å². The van der Waals surface area contributed by atoms with E-state index in [1.807, 2.05) is 24.3 Å². The van der Waals surface area contributed by atoms with Gasteiger partial charge in [-0.25, -0.2) is 9.97 Å². The molecule has 0 N–H and O–H groups in total. The first-order chi connectivity index (χ1) is 17.5. The molecule has 2 heterocycles. The zero-order chi connectivity index (χ0) is 25.1. The van der Waals surface area contributed by atoms with Crippen molar-refractivity contribution in [2.45, 2.75) is 58.0 Å². The van der Waals surface area contributed by atoms with Crippen LogP contribution in [0.2, 0.25) is 0 Å².